The van der Waals surface area contributed by atoms with Crippen molar-refractivity contribution < 1.29 is 32.5 Å². The Bertz CT molecular complexity index is 558. The van der Waals surface area contributed by atoms with Gasteiger partial charge in [0.15, 0.2) is 0 Å². The van der Waals surface area contributed by atoms with Crippen molar-refractivity contribution in [1.29, 1.82) is 0 Å². The first-order chi connectivity index (χ1) is 18.9. The fourth-order valence-electron chi connectivity index (χ4n) is 4.74. The van der Waals surface area contributed by atoms with Crippen molar-refractivity contribution in [2.45, 2.75) is 155 Å². The third-order valence-corrected chi connectivity index (χ3v) is 7.59. The molecule has 0 spiro atoms. The van der Waals surface area contributed by atoms with Gasteiger partial charge in [-0.2, -0.15) is 8.42 Å². The van der Waals surface area contributed by atoms with Gasteiger partial charge in [0.1, 0.15) is 0 Å². The van der Waals surface area contributed by atoms with Gasteiger partial charge < -0.3 is 15.3 Å². The van der Waals surface area contributed by atoms with Crippen molar-refractivity contribution in [3.8, 4) is 0 Å². The second kappa shape index (κ2) is 32.2. The SMILES string of the molecule is CCCCCCCCCCCCC(CO)N(CCO)CCO.CCCCCCCCCCCCOS(=O)(=O)O. The Kier molecular flexibility index (Phi) is 33.8. The summed E-state index contributed by atoms with van der Waals surface area (Å²) in [6, 6.07) is 0.0772. The van der Waals surface area contributed by atoms with Crippen molar-refractivity contribution in [1.82, 2.24) is 4.90 Å². The van der Waals surface area contributed by atoms with Crippen molar-refractivity contribution in [2.75, 3.05) is 39.5 Å². The summed E-state index contributed by atoms with van der Waals surface area (Å²) in [4.78, 5) is 1.99. The summed E-state index contributed by atoms with van der Waals surface area (Å²) in [6.45, 7) is 5.89. The number of rotatable bonds is 29. The summed E-state index contributed by atoms with van der Waals surface area (Å²) in [7, 11) is -4.23. The fourth-order valence-corrected chi connectivity index (χ4v) is 5.07. The van der Waals surface area contributed by atoms with Gasteiger partial charge in [-0.3, -0.25) is 9.45 Å². The summed E-state index contributed by atoms with van der Waals surface area (Å²) in [6.07, 6.45) is 25.9. The minimum atomic E-state index is -4.23. The van der Waals surface area contributed by atoms with Crippen LogP contribution in [-0.2, 0) is 14.6 Å². The minimum Gasteiger partial charge on any atom is -0.395 e. The Labute approximate surface area is 241 Å². The lowest BCUT2D eigenvalue weighted by Crippen LogP contribution is -2.41. The molecule has 0 radical (unpaired) electrons. The highest BCUT2D eigenvalue weighted by Crippen LogP contribution is 2.14. The van der Waals surface area contributed by atoms with Gasteiger partial charge in [-0.15, -0.1) is 0 Å². The molecule has 238 valence electrons. The molecule has 1 unspecified atom stereocenters. The normalized spacial score (nSPS) is 12.5. The predicted octanol–water partition coefficient (Wildman–Crippen LogP) is 6.67. The van der Waals surface area contributed by atoms with Gasteiger partial charge in [0.2, 0.25) is 0 Å². The second-order valence-electron chi connectivity index (χ2n) is 10.7. The van der Waals surface area contributed by atoms with Gasteiger partial charge in [-0.05, 0) is 12.8 Å². The molecule has 0 saturated heterocycles. The fraction of sp³-hybridized carbons (Fsp3) is 1.00. The van der Waals surface area contributed by atoms with E-state index in [4.69, 9.17) is 14.8 Å². The lowest BCUT2D eigenvalue weighted by molar-refractivity contribution is 0.0781. The van der Waals surface area contributed by atoms with Gasteiger partial charge in [-0.25, -0.2) is 4.18 Å². The molecule has 0 heterocycles. The van der Waals surface area contributed by atoms with Crippen LogP contribution < -0.4 is 0 Å². The van der Waals surface area contributed by atoms with Crippen LogP contribution in [0.15, 0.2) is 0 Å². The highest BCUT2D eigenvalue weighted by atomic mass is 32.3. The molecular weight excluding hydrogens is 518 g/mol. The van der Waals surface area contributed by atoms with E-state index in [9.17, 15) is 13.5 Å². The van der Waals surface area contributed by atoms with E-state index in [1.54, 1.807) is 0 Å². The summed E-state index contributed by atoms with van der Waals surface area (Å²) in [5.41, 5.74) is 0. The minimum absolute atomic E-state index is 0.0772. The van der Waals surface area contributed by atoms with Crippen LogP contribution in [0.25, 0.3) is 0 Å². The molecule has 39 heavy (non-hydrogen) atoms. The molecule has 0 rings (SSSR count). The number of unbranched alkanes of at least 4 members (excludes halogenated alkanes) is 18. The van der Waals surface area contributed by atoms with Crippen LogP contribution in [0.1, 0.15) is 149 Å². The van der Waals surface area contributed by atoms with Gasteiger partial charge in [0, 0.05) is 19.1 Å². The molecule has 0 amide bonds. The zero-order chi connectivity index (χ0) is 29.5. The molecule has 4 N–H and O–H groups in total. The first kappa shape index (κ1) is 40.8. The van der Waals surface area contributed by atoms with E-state index in [0.29, 0.717) is 19.5 Å². The van der Waals surface area contributed by atoms with Crippen LogP contribution in [-0.4, -0.2) is 78.7 Å². The third-order valence-electron chi connectivity index (χ3n) is 7.12. The average molecular weight is 584 g/mol. The maximum Gasteiger partial charge on any atom is 0.397 e. The van der Waals surface area contributed by atoms with Gasteiger partial charge in [-0.1, -0.05) is 136 Å². The van der Waals surface area contributed by atoms with Crippen molar-refractivity contribution in [3.63, 3.8) is 0 Å². The van der Waals surface area contributed by atoms with Crippen molar-refractivity contribution >= 4 is 10.4 Å². The topological polar surface area (TPSA) is 128 Å². The summed E-state index contributed by atoms with van der Waals surface area (Å²) < 4.78 is 33.0. The zero-order valence-electron chi connectivity index (χ0n) is 25.5. The number of nitrogens with zero attached hydrogens (tertiary/aromatic N) is 1. The molecule has 0 aliphatic carbocycles. The molecule has 0 aliphatic heterocycles. The molecule has 0 aromatic heterocycles. The first-order valence-electron chi connectivity index (χ1n) is 16.0. The smallest absolute Gasteiger partial charge is 0.395 e. The van der Waals surface area contributed by atoms with E-state index >= 15 is 0 Å². The Balaban J connectivity index is 0. The summed E-state index contributed by atoms with van der Waals surface area (Å²) >= 11 is 0. The Hall–Kier alpha value is -0.290. The van der Waals surface area contributed by atoms with E-state index in [2.05, 4.69) is 18.0 Å². The van der Waals surface area contributed by atoms with E-state index < -0.39 is 10.4 Å². The lowest BCUT2D eigenvalue weighted by Gasteiger charge is -2.29. The van der Waals surface area contributed by atoms with Gasteiger partial charge in [0.05, 0.1) is 26.4 Å². The van der Waals surface area contributed by atoms with Crippen molar-refractivity contribution in [3.05, 3.63) is 0 Å². The molecule has 0 aliphatic rings. The maximum atomic E-state index is 10.2. The first-order valence-corrected chi connectivity index (χ1v) is 17.4. The van der Waals surface area contributed by atoms with E-state index in [1.165, 1.54) is 103 Å². The molecule has 8 nitrogen and oxygen atoms in total. The Morgan fingerprint density at radius 2 is 0.949 bits per heavy atom. The van der Waals surface area contributed by atoms with Gasteiger partial charge >= 0.3 is 10.4 Å². The lowest BCUT2D eigenvalue weighted by atomic mass is 10.0. The molecule has 0 fully saturated rings. The molecule has 0 aromatic carbocycles. The maximum absolute atomic E-state index is 10.2. The van der Waals surface area contributed by atoms with E-state index in [1.807, 2.05) is 4.90 Å². The predicted molar refractivity (Wildman–Crippen MR) is 162 cm³/mol. The van der Waals surface area contributed by atoms with Crippen LogP contribution in [0.5, 0.6) is 0 Å². The zero-order valence-corrected chi connectivity index (χ0v) is 26.4. The number of aliphatic hydroxyl groups excluding tert-OH is 3. The average Bonchev–Trinajstić information content (AvgIpc) is 2.90. The van der Waals surface area contributed by atoms with Crippen LogP contribution in [0, 0.1) is 0 Å². The quantitative estimate of drug-likeness (QED) is 0.0568. The molecular formula is C30H65NO7S. The largest absolute Gasteiger partial charge is 0.397 e. The summed E-state index contributed by atoms with van der Waals surface area (Å²) in [5.74, 6) is 0. The van der Waals surface area contributed by atoms with Gasteiger partial charge in [0.25, 0.3) is 0 Å². The Morgan fingerprint density at radius 3 is 1.28 bits per heavy atom. The number of hydrogen-bond acceptors (Lipinski definition) is 7. The standard InChI is InChI=1S/C18H39NO3.C12H26O4S/c1-2-3-4-5-6-7-8-9-10-11-12-18(17-22)19(13-15-20)14-16-21;1-2-3-4-5-6-7-8-9-10-11-12-16-17(13,14)15/h18,20-22H,2-17H2,1H3;2-12H2,1H3,(H,13,14,15). The summed E-state index contributed by atoms with van der Waals surface area (Å²) in [5, 5.41) is 27.6. The van der Waals surface area contributed by atoms with E-state index in [-0.39, 0.29) is 32.5 Å². The number of aliphatic hydroxyl groups is 3. The molecule has 1 atom stereocenters. The van der Waals surface area contributed by atoms with Crippen LogP contribution in [0.2, 0.25) is 0 Å². The third kappa shape index (κ3) is 33.8. The monoisotopic (exact) mass is 583 g/mol. The molecule has 9 heteroatoms. The Morgan fingerprint density at radius 1 is 0.590 bits per heavy atom. The van der Waals surface area contributed by atoms with Crippen molar-refractivity contribution in [2.24, 2.45) is 0 Å². The van der Waals surface area contributed by atoms with E-state index in [0.717, 1.165) is 25.7 Å². The van der Waals surface area contributed by atoms with Crippen LogP contribution >= 0.6 is 0 Å². The molecule has 0 aromatic rings. The molecule has 0 bridgehead atoms. The van der Waals surface area contributed by atoms with Crippen LogP contribution in [0.4, 0.5) is 0 Å². The molecule has 0 saturated carbocycles. The highest BCUT2D eigenvalue weighted by molar-refractivity contribution is 7.80. The number of hydrogen-bond donors (Lipinski definition) is 4. The van der Waals surface area contributed by atoms with Crippen LogP contribution in [0.3, 0.4) is 0 Å². The second-order valence-corrected chi connectivity index (χ2v) is 11.8. The highest BCUT2D eigenvalue weighted by Gasteiger charge is 2.16.